The van der Waals surface area contributed by atoms with Crippen LogP contribution in [0.25, 0.3) is 0 Å². The fourth-order valence-electron chi connectivity index (χ4n) is 1.59. The molecule has 0 aliphatic heterocycles. The lowest BCUT2D eigenvalue weighted by atomic mass is 10.2. The van der Waals surface area contributed by atoms with E-state index in [2.05, 4.69) is 26.3 Å². The number of nitrogens with zero attached hydrogens (tertiary/aromatic N) is 3. The Balaban J connectivity index is 1.92. The number of aryl methyl sites for hydroxylation is 1. The van der Waals surface area contributed by atoms with Gasteiger partial charge in [0.25, 0.3) is 0 Å². The Morgan fingerprint density at radius 1 is 1.33 bits per heavy atom. The van der Waals surface area contributed by atoms with E-state index >= 15 is 0 Å². The molecule has 0 spiro atoms. The third kappa shape index (κ3) is 3.67. The molecule has 2 aromatic rings. The molecule has 2 rings (SSSR count). The zero-order valence-electron chi connectivity index (χ0n) is 10.2. The van der Waals surface area contributed by atoms with Gasteiger partial charge in [-0.2, -0.15) is 0 Å². The summed E-state index contributed by atoms with van der Waals surface area (Å²) in [5.41, 5.74) is 1.20. The maximum absolute atomic E-state index is 5.92. The van der Waals surface area contributed by atoms with E-state index < -0.39 is 0 Å². The first-order valence-electron chi connectivity index (χ1n) is 5.94. The Kier molecular flexibility index (Phi) is 4.47. The van der Waals surface area contributed by atoms with E-state index in [9.17, 15) is 0 Å². The Bertz CT molecular complexity index is 502. The molecule has 0 saturated carbocycles. The molecule has 0 amide bonds. The number of rotatable bonds is 5. The summed E-state index contributed by atoms with van der Waals surface area (Å²) >= 11 is 5.92. The fourth-order valence-corrected chi connectivity index (χ4v) is 1.80. The summed E-state index contributed by atoms with van der Waals surface area (Å²) in [5, 5.41) is 3.72. The average Bonchev–Trinajstić information content (AvgIpc) is 2.39. The maximum Gasteiger partial charge on any atom is 0.134 e. The maximum atomic E-state index is 5.92. The molecule has 0 unspecified atom stereocenters. The van der Waals surface area contributed by atoms with Crippen molar-refractivity contribution in [2.24, 2.45) is 0 Å². The number of aromatic nitrogens is 3. The lowest BCUT2D eigenvalue weighted by molar-refractivity contribution is 0.924. The van der Waals surface area contributed by atoms with Crippen molar-refractivity contribution in [1.29, 1.82) is 0 Å². The van der Waals surface area contributed by atoms with Gasteiger partial charge >= 0.3 is 0 Å². The van der Waals surface area contributed by atoms with Crippen LogP contribution >= 0.6 is 11.6 Å². The molecule has 94 valence electrons. The highest BCUT2D eigenvalue weighted by atomic mass is 35.5. The highest BCUT2D eigenvalue weighted by molar-refractivity contribution is 6.29. The van der Waals surface area contributed by atoms with Crippen molar-refractivity contribution in [3.8, 4) is 0 Å². The molecule has 18 heavy (non-hydrogen) atoms. The van der Waals surface area contributed by atoms with Gasteiger partial charge in [-0.05, 0) is 18.1 Å². The Morgan fingerprint density at radius 2 is 2.22 bits per heavy atom. The lowest BCUT2D eigenvalue weighted by Crippen LogP contribution is -2.08. The van der Waals surface area contributed by atoms with E-state index in [1.807, 2.05) is 19.2 Å². The third-order valence-electron chi connectivity index (χ3n) is 2.50. The number of pyridine rings is 1. The van der Waals surface area contributed by atoms with Crippen molar-refractivity contribution in [1.82, 2.24) is 15.0 Å². The Morgan fingerprint density at radius 3 is 2.94 bits per heavy atom. The zero-order valence-corrected chi connectivity index (χ0v) is 11.0. The Hall–Kier alpha value is -1.68. The predicted octanol–water partition coefficient (Wildman–Crippen LogP) is 2.74. The van der Waals surface area contributed by atoms with E-state index in [4.69, 9.17) is 11.6 Å². The van der Waals surface area contributed by atoms with Crippen molar-refractivity contribution in [2.45, 2.75) is 19.8 Å². The van der Waals surface area contributed by atoms with Crippen LogP contribution in [0.15, 0.2) is 30.6 Å². The summed E-state index contributed by atoms with van der Waals surface area (Å²) in [5.74, 6) is 1.53. The second-order valence-electron chi connectivity index (χ2n) is 3.88. The van der Waals surface area contributed by atoms with Crippen molar-refractivity contribution < 1.29 is 0 Å². The highest BCUT2D eigenvalue weighted by Crippen LogP contribution is 2.12. The van der Waals surface area contributed by atoms with Gasteiger partial charge in [0.1, 0.15) is 16.8 Å². The van der Waals surface area contributed by atoms with Crippen molar-refractivity contribution >= 4 is 17.4 Å². The summed E-state index contributed by atoms with van der Waals surface area (Å²) in [7, 11) is 0. The largest absolute Gasteiger partial charge is 0.370 e. The van der Waals surface area contributed by atoms with Crippen LogP contribution in [0, 0.1) is 0 Å². The van der Waals surface area contributed by atoms with Gasteiger partial charge in [-0.1, -0.05) is 24.6 Å². The van der Waals surface area contributed by atoms with E-state index in [0.29, 0.717) is 5.15 Å². The number of hydrogen-bond donors (Lipinski definition) is 1. The monoisotopic (exact) mass is 262 g/mol. The molecule has 0 saturated heterocycles. The van der Waals surface area contributed by atoms with Gasteiger partial charge in [-0.25, -0.2) is 9.97 Å². The molecule has 0 atom stereocenters. The molecule has 0 bridgehead atoms. The fraction of sp³-hybridized carbons (Fsp3) is 0.308. The molecular weight excluding hydrogens is 248 g/mol. The van der Waals surface area contributed by atoms with Crippen LogP contribution in [0.3, 0.4) is 0 Å². The summed E-state index contributed by atoms with van der Waals surface area (Å²) in [6, 6.07) is 5.73. The minimum absolute atomic E-state index is 0.478. The summed E-state index contributed by atoms with van der Waals surface area (Å²) in [6.45, 7) is 2.80. The van der Waals surface area contributed by atoms with Gasteiger partial charge in [0.05, 0.1) is 0 Å². The second-order valence-corrected chi connectivity index (χ2v) is 4.27. The van der Waals surface area contributed by atoms with Crippen molar-refractivity contribution in [3.63, 3.8) is 0 Å². The second kappa shape index (κ2) is 6.31. The van der Waals surface area contributed by atoms with E-state index in [1.54, 1.807) is 12.3 Å². The zero-order chi connectivity index (χ0) is 12.8. The van der Waals surface area contributed by atoms with Crippen LogP contribution in [0.4, 0.5) is 5.82 Å². The number of halogens is 1. The minimum atomic E-state index is 0.478. The lowest BCUT2D eigenvalue weighted by Gasteiger charge is -2.07. The van der Waals surface area contributed by atoms with Gasteiger partial charge in [-0.3, -0.25) is 4.98 Å². The Labute approximate surface area is 111 Å². The van der Waals surface area contributed by atoms with Gasteiger partial charge < -0.3 is 5.32 Å². The molecular formula is C13H15ClN4. The standard InChI is InChI=1S/C13H15ClN4/c1-2-12-17-11(14)8-13(18-12)16-7-5-10-4-3-6-15-9-10/h3-4,6,8-9H,2,5,7H2,1H3,(H,16,17,18). The third-order valence-corrected chi connectivity index (χ3v) is 2.69. The average molecular weight is 263 g/mol. The highest BCUT2D eigenvalue weighted by Gasteiger charge is 2.01. The van der Waals surface area contributed by atoms with Crippen molar-refractivity contribution in [3.05, 3.63) is 47.1 Å². The number of anilines is 1. The summed E-state index contributed by atoms with van der Waals surface area (Å²) < 4.78 is 0. The van der Waals surface area contributed by atoms with E-state index in [1.165, 1.54) is 5.56 Å². The molecule has 4 nitrogen and oxygen atoms in total. The molecule has 1 N–H and O–H groups in total. The first-order valence-corrected chi connectivity index (χ1v) is 6.32. The van der Waals surface area contributed by atoms with Gasteiger partial charge in [-0.15, -0.1) is 0 Å². The molecule has 0 aliphatic carbocycles. The summed E-state index contributed by atoms with van der Waals surface area (Å²) in [6.07, 6.45) is 5.32. The van der Waals surface area contributed by atoms with E-state index in [0.717, 1.165) is 31.0 Å². The van der Waals surface area contributed by atoms with Gasteiger partial charge in [0.15, 0.2) is 0 Å². The van der Waals surface area contributed by atoms with E-state index in [-0.39, 0.29) is 0 Å². The predicted molar refractivity (Wildman–Crippen MR) is 72.9 cm³/mol. The van der Waals surface area contributed by atoms with Crippen LogP contribution in [0.5, 0.6) is 0 Å². The van der Waals surface area contributed by atoms with Crippen molar-refractivity contribution in [2.75, 3.05) is 11.9 Å². The van der Waals surface area contributed by atoms with Crippen LogP contribution in [0.1, 0.15) is 18.3 Å². The quantitative estimate of drug-likeness (QED) is 0.842. The van der Waals surface area contributed by atoms with Gasteiger partial charge in [0, 0.05) is 31.4 Å². The molecule has 0 radical (unpaired) electrons. The van der Waals surface area contributed by atoms with Crippen LogP contribution in [0.2, 0.25) is 5.15 Å². The normalized spacial score (nSPS) is 10.3. The van der Waals surface area contributed by atoms with Crippen LogP contribution in [-0.2, 0) is 12.8 Å². The SMILES string of the molecule is CCc1nc(Cl)cc(NCCc2cccnc2)n1. The van der Waals surface area contributed by atoms with Gasteiger partial charge in [0.2, 0.25) is 0 Å². The molecule has 5 heteroatoms. The molecule has 2 aromatic heterocycles. The molecule has 0 aromatic carbocycles. The van der Waals surface area contributed by atoms with Crippen LogP contribution in [-0.4, -0.2) is 21.5 Å². The number of hydrogen-bond acceptors (Lipinski definition) is 4. The minimum Gasteiger partial charge on any atom is -0.370 e. The summed E-state index contributed by atoms with van der Waals surface area (Å²) in [4.78, 5) is 12.6. The molecule has 0 fully saturated rings. The first-order chi connectivity index (χ1) is 8.78. The molecule has 0 aliphatic rings. The first kappa shape index (κ1) is 12.8. The number of nitrogens with one attached hydrogen (secondary N) is 1. The van der Waals surface area contributed by atoms with Crippen LogP contribution < -0.4 is 5.32 Å². The smallest absolute Gasteiger partial charge is 0.134 e. The molecule has 2 heterocycles. The topological polar surface area (TPSA) is 50.7 Å².